The second-order valence-corrected chi connectivity index (χ2v) is 6.62. The van der Waals surface area contributed by atoms with Gasteiger partial charge in [-0.05, 0) is 44.9 Å². The summed E-state index contributed by atoms with van der Waals surface area (Å²) in [5.41, 5.74) is 3.00. The van der Waals surface area contributed by atoms with Gasteiger partial charge in [-0.15, -0.1) is 5.10 Å². The fraction of sp³-hybridized carbons (Fsp3) is 0.368. The molecule has 3 aromatic heterocycles. The quantitative estimate of drug-likeness (QED) is 0.725. The fourth-order valence-corrected chi connectivity index (χ4v) is 3.36. The average molecular weight is 351 g/mol. The van der Waals surface area contributed by atoms with E-state index in [0.29, 0.717) is 18.1 Å². The molecule has 0 unspecified atom stereocenters. The van der Waals surface area contributed by atoms with Gasteiger partial charge in [0.2, 0.25) is 5.88 Å². The fourth-order valence-electron chi connectivity index (χ4n) is 3.36. The molecule has 0 aromatic carbocycles. The van der Waals surface area contributed by atoms with Crippen molar-refractivity contribution in [3.8, 4) is 5.88 Å². The minimum Gasteiger partial charge on any atom is -0.471 e. The van der Waals surface area contributed by atoms with E-state index in [0.717, 1.165) is 36.4 Å². The molecule has 7 heteroatoms. The molecule has 1 fully saturated rings. The highest BCUT2D eigenvalue weighted by molar-refractivity contribution is 5.94. The predicted molar refractivity (Wildman–Crippen MR) is 96.3 cm³/mol. The summed E-state index contributed by atoms with van der Waals surface area (Å²) in [6.45, 7) is 5.02. The van der Waals surface area contributed by atoms with Gasteiger partial charge in [-0.1, -0.05) is 6.07 Å². The van der Waals surface area contributed by atoms with E-state index in [-0.39, 0.29) is 12.0 Å². The van der Waals surface area contributed by atoms with Crippen LogP contribution in [-0.4, -0.2) is 49.6 Å². The van der Waals surface area contributed by atoms with Crippen LogP contribution in [0.3, 0.4) is 0 Å². The lowest BCUT2D eigenvalue weighted by Gasteiger charge is -2.32. The summed E-state index contributed by atoms with van der Waals surface area (Å²) < 4.78 is 7.79. The van der Waals surface area contributed by atoms with E-state index in [9.17, 15) is 4.79 Å². The monoisotopic (exact) mass is 351 g/mol. The molecule has 0 saturated carbocycles. The standard InChI is InChI=1S/C19H21N5O2/c1-13-8-9-17(22-21-13)26-15-6-5-10-23(12-15)19(25)18-14(2)20-16-7-3-4-11-24(16)18/h3-4,7-9,11,15H,5-6,10,12H2,1-2H3/t15-/m0/s1. The average Bonchev–Trinajstić information content (AvgIpc) is 2.99. The maximum Gasteiger partial charge on any atom is 0.272 e. The number of hydrogen-bond acceptors (Lipinski definition) is 5. The van der Waals surface area contributed by atoms with E-state index in [1.807, 2.05) is 59.7 Å². The lowest BCUT2D eigenvalue weighted by atomic mass is 10.1. The molecule has 1 saturated heterocycles. The molecule has 4 heterocycles. The summed E-state index contributed by atoms with van der Waals surface area (Å²) in [6, 6.07) is 9.42. The molecule has 1 atom stereocenters. The first-order valence-corrected chi connectivity index (χ1v) is 8.82. The molecule has 3 aromatic rings. The summed E-state index contributed by atoms with van der Waals surface area (Å²) in [5, 5.41) is 8.08. The third kappa shape index (κ3) is 3.12. The first kappa shape index (κ1) is 16.5. The molecule has 0 radical (unpaired) electrons. The van der Waals surface area contributed by atoms with Crippen LogP contribution in [0.15, 0.2) is 36.5 Å². The Morgan fingerprint density at radius 1 is 1.19 bits per heavy atom. The molecule has 134 valence electrons. The highest BCUT2D eigenvalue weighted by Crippen LogP contribution is 2.20. The maximum absolute atomic E-state index is 13.1. The van der Waals surface area contributed by atoms with E-state index in [1.54, 1.807) is 0 Å². The Kier molecular flexibility index (Phi) is 4.28. The Morgan fingerprint density at radius 3 is 2.88 bits per heavy atom. The smallest absolute Gasteiger partial charge is 0.272 e. The van der Waals surface area contributed by atoms with Crippen molar-refractivity contribution in [2.75, 3.05) is 13.1 Å². The van der Waals surface area contributed by atoms with Crippen molar-refractivity contribution in [3.63, 3.8) is 0 Å². The summed E-state index contributed by atoms with van der Waals surface area (Å²) in [7, 11) is 0. The van der Waals surface area contributed by atoms with Crippen LogP contribution in [0.25, 0.3) is 5.65 Å². The minimum atomic E-state index is -0.0794. The number of carbonyl (C=O) groups is 1. The number of imidazole rings is 1. The number of fused-ring (bicyclic) bond motifs is 1. The van der Waals surface area contributed by atoms with Gasteiger partial charge in [-0.25, -0.2) is 4.98 Å². The van der Waals surface area contributed by atoms with Crippen LogP contribution in [0, 0.1) is 13.8 Å². The Hall–Kier alpha value is -2.96. The molecule has 1 aliphatic rings. The van der Waals surface area contributed by atoms with Crippen LogP contribution < -0.4 is 4.74 Å². The highest BCUT2D eigenvalue weighted by Gasteiger charge is 2.28. The number of likely N-dealkylation sites (tertiary alicyclic amines) is 1. The van der Waals surface area contributed by atoms with Crippen molar-refractivity contribution in [2.24, 2.45) is 0 Å². The van der Waals surface area contributed by atoms with Gasteiger partial charge in [-0.3, -0.25) is 9.20 Å². The van der Waals surface area contributed by atoms with Gasteiger partial charge < -0.3 is 9.64 Å². The number of ether oxygens (including phenoxy) is 1. The molecule has 7 nitrogen and oxygen atoms in total. The van der Waals surface area contributed by atoms with Gasteiger partial charge in [0, 0.05) is 18.8 Å². The van der Waals surface area contributed by atoms with E-state index in [2.05, 4.69) is 15.2 Å². The first-order valence-electron chi connectivity index (χ1n) is 8.82. The van der Waals surface area contributed by atoms with Crippen LogP contribution in [0.4, 0.5) is 0 Å². The van der Waals surface area contributed by atoms with Crippen molar-refractivity contribution in [1.82, 2.24) is 24.5 Å². The van der Waals surface area contributed by atoms with E-state index < -0.39 is 0 Å². The Labute approximate surface area is 151 Å². The number of rotatable bonds is 3. The number of amides is 1. The van der Waals surface area contributed by atoms with Crippen molar-refractivity contribution in [3.05, 3.63) is 53.6 Å². The van der Waals surface area contributed by atoms with Gasteiger partial charge in [0.25, 0.3) is 5.91 Å². The molecular formula is C19H21N5O2. The second kappa shape index (κ2) is 6.74. The van der Waals surface area contributed by atoms with E-state index in [4.69, 9.17) is 4.74 Å². The first-order chi connectivity index (χ1) is 12.6. The van der Waals surface area contributed by atoms with E-state index >= 15 is 0 Å². The van der Waals surface area contributed by atoms with Gasteiger partial charge in [0.05, 0.1) is 17.9 Å². The Bertz CT molecular complexity index is 935. The largest absolute Gasteiger partial charge is 0.471 e. The van der Waals surface area contributed by atoms with Crippen LogP contribution in [0.5, 0.6) is 5.88 Å². The normalized spacial score (nSPS) is 17.5. The molecule has 26 heavy (non-hydrogen) atoms. The van der Waals surface area contributed by atoms with Crippen molar-refractivity contribution < 1.29 is 9.53 Å². The molecule has 1 amide bonds. The maximum atomic E-state index is 13.1. The van der Waals surface area contributed by atoms with Crippen LogP contribution in [0.2, 0.25) is 0 Å². The molecule has 0 N–H and O–H groups in total. The van der Waals surface area contributed by atoms with Crippen molar-refractivity contribution in [2.45, 2.75) is 32.8 Å². The van der Waals surface area contributed by atoms with Crippen LogP contribution in [-0.2, 0) is 0 Å². The summed E-state index contributed by atoms with van der Waals surface area (Å²) in [6.07, 6.45) is 3.59. The third-order valence-electron chi connectivity index (χ3n) is 4.63. The number of hydrogen-bond donors (Lipinski definition) is 0. The van der Waals surface area contributed by atoms with E-state index in [1.165, 1.54) is 0 Å². The SMILES string of the molecule is Cc1ccc(O[C@H]2CCCN(C(=O)c3c(C)nc4ccccn34)C2)nn1. The molecule has 0 spiro atoms. The summed E-state index contributed by atoms with van der Waals surface area (Å²) >= 11 is 0. The second-order valence-electron chi connectivity index (χ2n) is 6.62. The number of aromatic nitrogens is 4. The molecule has 1 aliphatic heterocycles. The number of pyridine rings is 1. The molecular weight excluding hydrogens is 330 g/mol. The lowest BCUT2D eigenvalue weighted by molar-refractivity contribution is 0.0518. The minimum absolute atomic E-state index is 0.00973. The predicted octanol–water partition coefficient (Wildman–Crippen LogP) is 2.42. The number of carbonyl (C=O) groups excluding carboxylic acids is 1. The highest BCUT2D eigenvalue weighted by atomic mass is 16.5. The third-order valence-corrected chi connectivity index (χ3v) is 4.63. The number of nitrogens with zero attached hydrogens (tertiary/aromatic N) is 5. The zero-order valence-corrected chi connectivity index (χ0v) is 14.9. The number of aryl methyl sites for hydroxylation is 2. The van der Waals surface area contributed by atoms with Crippen molar-refractivity contribution >= 4 is 11.6 Å². The van der Waals surface area contributed by atoms with Crippen LogP contribution >= 0.6 is 0 Å². The van der Waals surface area contributed by atoms with Gasteiger partial charge in [0.1, 0.15) is 17.4 Å². The van der Waals surface area contributed by atoms with Crippen LogP contribution in [0.1, 0.15) is 34.7 Å². The number of piperidine rings is 1. The zero-order valence-electron chi connectivity index (χ0n) is 14.9. The molecule has 0 aliphatic carbocycles. The molecule has 4 rings (SSSR count). The van der Waals surface area contributed by atoms with Gasteiger partial charge in [0.15, 0.2) is 0 Å². The lowest BCUT2D eigenvalue weighted by Crippen LogP contribution is -2.45. The Morgan fingerprint density at radius 2 is 2.08 bits per heavy atom. The zero-order chi connectivity index (χ0) is 18.1. The summed E-state index contributed by atoms with van der Waals surface area (Å²) in [5.74, 6) is 0.491. The van der Waals surface area contributed by atoms with Gasteiger partial charge >= 0.3 is 0 Å². The molecule has 0 bridgehead atoms. The summed E-state index contributed by atoms with van der Waals surface area (Å²) in [4.78, 5) is 19.5. The Balaban J connectivity index is 1.52. The topological polar surface area (TPSA) is 72.6 Å². The van der Waals surface area contributed by atoms with Gasteiger partial charge in [-0.2, -0.15) is 5.10 Å². The van der Waals surface area contributed by atoms with Crippen molar-refractivity contribution in [1.29, 1.82) is 0 Å².